The van der Waals surface area contributed by atoms with Crippen LogP contribution in [0.3, 0.4) is 0 Å². The van der Waals surface area contributed by atoms with Gasteiger partial charge in [-0.15, -0.1) is 0 Å². The van der Waals surface area contributed by atoms with Crippen LogP contribution in [-0.2, 0) is 19.3 Å². The highest BCUT2D eigenvalue weighted by Crippen LogP contribution is 2.27. The van der Waals surface area contributed by atoms with E-state index in [9.17, 15) is 14.3 Å². The molecule has 0 unspecified atom stereocenters. The number of nitriles is 1. The van der Waals surface area contributed by atoms with E-state index in [2.05, 4.69) is 31.2 Å². The Hall–Kier alpha value is -3.45. The maximum atomic E-state index is 14.0. The zero-order chi connectivity index (χ0) is 20.1. The summed E-state index contributed by atoms with van der Waals surface area (Å²) in [5.41, 5.74) is 4.43. The van der Waals surface area contributed by atoms with E-state index in [1.807, 2.05) is 0 Å². The van der Waals surface area contributed by atoms with Crippen LogP contribution in [0, 0.1) is 17.1 Å². The van der Waals surface area contributed by atoms with E-state index in [4.69, 9.17) is 5.26 Å². The number of hydrogen-bond donors (Lipinski definition) is 1. The van der Waals surface area contributed by atoms with Crippen molar-refractivity contribution in [3.05, 3.63) is 94.3 Å². The number of halogens is 1. The molecule has 3 aromatic rings. The topological polar surface area (TPSA) is 61.1 Å². The molecule has 0 aliphatic rings. The van der Waals surface area contributed by atoms with E-state index >= 15 is 0 Å². The van der Waals surface area contributed by atoms with Crippen LogP contribution in [0.25, 0.3) is 11.1 Å². The Bertz CT molecular complexity index is 1050. The van der Waals surface area contributed by atoms with Gasteiger partial charge in [-0.2, -0.15) is 5.26 Å². The fraction of sp³-hybridized carbons (Fsp3) is 0.167. The lowest BCUT2D eigenvalue weighted by atomic mass is 9.94. The van der Waals surface area contributed by atoms with Crippen LogP contribution in [0.4, 0.5) is 4.39 Å². The third kappa shape index (κ3) is 4.27. The molecule has 0 aliphatic carbocycles. The van der Waals surface area contributed by atoms with E-state index in [0.717, 1.165) is 24.8 Å². The molecule has 140 valence electrons. The zero-order valence-electron chi connectivity index (χ0n) is 15.6. The van der Waals surface area contributed by atoms with E-state index < -0.39 is 11.8 Å². The van der Waals surface area contributed by atoms with Crippen molar-refractivity contribution in [3.8, 4) is 17.2 Å². The van der Waals surface area contributed by atoms with Gasteiger partial charge >= 0.3 is 5.97 Å². The van der Waals surface area contributed by atoms with Crippen LogP contribution in [0.1, 0.15) is 39.5 Å². The Balaban J connectivity index is 1.90. The zero-order valence-corrected chi connectivity index (χ0v) is 15.6. The van der Waals surface area contributed by atoms with E-state index in [1.165, 1.54) is 23.3 Å². The van der Waals surface area contributed by atoms with E-state index in [-0.39, 0.29) is 11.1 Å². The lowest BCUT2D eigenvalue weighted by Crippen LogP contribution is -2.02. The number of carbonyl (C=O) groups is 1. The summed E-state index contributed by atoms with van der Waals surface area (Å²) in [4.78, 5) is 11.6. The van der Waals surface area contributed by atoms with Gasteiger partial charge in [-0.25, -0.2) is 9.18 Å². The molecule has 0 bridgehead atoms. The van der Waals surface area contributed by atoms with Gasteiger partial charge in [-0.05, 0) is 65.3 Å². The average molecular weight is 373 g/mol. The first-order valence-corrected chi connectivity index (χ1v) is 9.16. The standard InChI is InChI=1S/C24H20FNO2/c1-2-16-3-5-17(6-4-16)7-8-18-9-12-21(24(27)28)22(13-18)19-10-11-20(15-26)23(25)14-19/h3-6,9-14H,2,7-8H2,1H3,(H,27,28). The monoisotopic (exact) mass is 373 g/mol. The summed E-state index contributed by atoms with van der Waals surface area (Å²) in [7, 11) is 0. The molecule has 0 amide bonds. The van der Waals surface area contributed by atoms with Crippen molar-refractivity contribution in [2.24, 2.45) is 0 Å². The number of hydrogen-bond acceptors (Lipinski definition) is 2. The minimum Gasteiger partial charge on any atom is -0.478 e. The second kappa shape index (κ2) is 8.49. The van der Waals surface area contributed by atoms with Crippen LogP contribution in [-0.4, -0.2) is 11.1 Å². The number of nitrogens with zero attached hydrogens (tertiary/aromatic N) is 1. The number of aromatic carboxylic acids is 1. The van der Waals surface area contributed by atoms with E-state index in [0.29, 0.717) is 11.1 Å². The highest BCUT2D eigenvalue weighted by molar-refractivity contribution is 5.96. The number of rotatable bonds is 6. The first-order chi connectivity index (χ1) is 13.5. The summed E-state index contributed by atoms with van der Waals surface area (Å²) in [5, 5.41) is 18.4. The van der Waals surface area contributed by atoms with Gasteiger partial charge in [0.05, 0.1) is 11.1 Å². The van der Waals surface area contributed by atoms with Gasteiger partial charge in [0.15, 0.2) is 0 Å². The third-order valence-electron chi connectivity index (χ3n) is 4.85. The van der Waals surface area contributed by atoms with Crippen molar-refractivity contribution in [3.63, 3.8) is 0 Å². The molecule has 3 rings (SSSR count). The predicted octanol–water partition coefficient (Wildman–Crippen LogP) is 5.41. The van der Waals surface area contributed by atoms with Gasteiger partial charge in [0, 0.05) is 0 Å². The molecule has 28 heavy (non-hydrogen) atoms. The molecule has 0 aromatic heterocycles. The summed E-state index contributed by atoms with van der Waals surface area (Å²) >= 11 is 0. The molecule has 0 atom stereocenters. The Kier molecular flexibility index (Phi) is 5.86. The molecule has 0 fully saturated rings. The molecule has 1 N–H and O–H groups in total. The molecule has 0 saturated carbocycles. The quantitative estimate of drug-likeness (QED) is 0.628. The molecule has 4 heteroatoms. The number of benzene rings is 3. The van der Waals surface area contributed by atoms with Crippen molar-refractivity contribution in [2.45, 2.75) is 26.2 Å². The van der Waals surface area contributed by atoms with Crippen molar-refractivity contribution in [2.75, 3.05) is 0 Å². The van der Waals surface area contributed by atoms with Gasteiger partial charge in [0.1, 0.15) is 11.9 Å². The largest absolute Gasteiger partial charge is 0.478 e. The van der Waals surface area contributed by atoms with Crippen molar-refractivity contribution in [1.29, 1.82) is 5.26 Å². The van der Waals surface area contributed by atoms with Gasteiger partial charge in [0.25, 0.3) is 0 Å². The minimum atomic E-state index is -1.07. The molecular weight excluding hydrogens is 353 g/mol. The Morgan fingerprint density at radius 1 is 0.964 bits per heavy atom. The molecular formula is C24H20FNO2. The molecule has 3 aromatic carbocycles. The normalized spacial score (nSPS) is 10.5. The predicted molar refractivity (Wildman–Crippen MR) is 107 cm³/mol. The van der Waals surface area contributed by atoms with Gasteiger partial charge in [-0.3, -0.25) is 0 Å². The minimum absolute atomic E-state index is 0.0627. The smallest absolute Gasteiger partial charge is 0.336 e. The Morgan fingerprint density at radius 3 is 2.21 bits per heavy atom. The van der Waals surface area contributed by atoms with Crippen LogP contribution in [0.15, 0.2) is 60.7 Å². The highest BCUT2D eigenvalue weighted by Gasteiger charge is 2.14. The fourth-order valence-corrected chi connectivity index (χ4v) is 3.18. The van der Waals surface area contributed by atoms with Crippen LogP contribution in [0.5, 0.6) is 0 Å². The first kappa shape index (κ1) is 19.3. The Labute approximate surface area is 163 Å². The van der Waals surface area contributed by atoms with E-state index in [1.54, 1.807) is 30.3 Å². The lowest BCUT2D eigenvalue weighted by Gasteiger charge is -2.11. The van der Waals surface area contributed by atoms with Crippen molar-refractivity contribution in [1.82, 2.24) is 0 Å². The fourth-order valence-electron chi connectivity index (χ4n) is 3.18. The molecule has 0 aliphatic heterocycles. The average Bonchev–Trinajstić information content (AvgIpc) is 2.72. The van der Waals surface area contributed by atoms with Crippen molar-refractivity contribution >= 4 is 5.97 Å². The maximum Gasteiger partial charge on any atom is 0.336 e. The number of carboxylic acid groups (broad SMARTS) is 1. The second-order valence-electron chi connectivity index (χ2n) is 6.66. The number of carboxylic acids is 1. The van der Waals surface area contributed by atoms with Crippen LogP contribution >= 0.6 is 0 Å². The molecule has 0 heterocycles. The van der Waals surface area contributed by atoms with Gasteiger partial charge < -0.3 is 5.11 Å². The van der Waals surface area contributed by atoms with Crippen molar-refractivity contribution < 1.29 is 14.3 Å². The third-order valence-corrected chi connectivity index (χ3v) is 4.85. The summed E-state index contributed by atoms with van der Waals surface area (Å²) in [6.45, 7) is 2.12. The molecule has 0 radical (unpaired) electrons. The summed E-state index contributed by atoms with van der Waals surface area (Å²) in [5.74, 6) is -1.72. The van der Waals surface area contributed by atoms with Crippen LogP contribution < -0.4 is 0 Å². The van der Waals surface area contributed by atoms with Gasteiger partial charge in [0.2, 0.25) is 0 Å². The molecule has 3 nitrogen and oxygen atoms in total. The number of aryl methyl sites for hydroxylation is 3. The lowest BCUT2D eigenvalue weighted by molar-refractivity contribution is 0.0697. The second-order valence-corrected chi connectivity index (χ2v) is 6.66. The Morgan fingerprint density at radius 2 is 1.61 bits per heavy atom. The highest BCUT2D eigenvalue weighted by atomic mass is 19.1. The molecule has 0 spiro atoms. The first-order valence-electron chi connectivity index (χ1n) is 9.16. The summed E-state index contributed by atoms with van der Waals surface area (Å²) in [6.07, 6.45) is 2.58. The SMILES string of the molecule is CCc1ccc(CCc2ccc(C(=O)O)c(-c3ccc(C#N)c(F)c3)c2)cc1. The van der Waals surface area contributed by atoms with Gasteiger partial charge in [-0.1, -0.05) is 49.4 Å². The maximum absolute atomic E-state index is 14.0. The summed E-state index contributed by atoms with van der Waals surface area (Å²) in [6, 6.07) is 19.6. The summed E-state index contributed by atoms with van der Waals surface area (Å²) < 4.78 is 14.0. The van der Waals surface area contributed by atoms with Crippen LogP contribution in [0.2, 0.25) is 0 Å². The molecule has 0 saturated heterocycles.